The molecule has 0 aliphatic heterocycles. The molecule has 1 aromatic carbocycles. The molecule has 4 nitrogen and oxygen atoms in total. The number of halogens is 1. The van der Waals surface area contributed by atoms with Crippen LogP contribution in [0.25, 0.3) is 0 Å². The van der Waals surface area contributed by atoms with E-state index in [9.17, 15) is 9.59 Å². The molecule has 0 saturated carbocycles. The van der Waals surface area contributed by atoms with Crippen molar-refractivity contribution in [1.29, 1.82) is 0 Å². The van der Waals surface area contributed by atoms with Crippen LogP contribution in [0.15, 0.2) is 28.7 Å². The normalized spacial score (nSPS) is 11.9. The van der Waals surface area contributed by atoms with Crippen LogP contribution in [-0.4, -0.2) is 24.2 Å². The summed E-state index contributed by atoms with van der Waals surface area (Å²) in [5, 5.41) is 6.92. The second-order valence-electron chi connectivity index (χ2n) is 3.26. The first kappa shape index (κ1) is 12.7. The van der Waals surface area contributed by atoms with Gasteiger partial charge in [-0.25, -0.2) is 0 Å². The molecule has 0 heterocycles. The Bertz CT molecular complexity index is 403. The number of methoxy groups -OCH3 is 1. The van der Waals surface area contributed by atoms with Gasteiger partial charge in [0.05, 0.1) is 13.0 Å². The van der Waals surface area contributed by atoms with Crippen molar-refractivity contribution in [3.63, 3.8) is 0 Å². The lowest BCUT2D eigenvalue weighted by molar-refractivity contribution is -0.147. The molecule has 0 aliphatic carbocycles. The van der Waals surface area contributed by atoms with Gasteiger partial charge in [-0.15, -0.1) is 0 Å². The number of esters is 1. The number of hydrogen-bond acceptors (Lipinski definition) is 3. The first-order valence-corrected chi connectivity index (χ1v) is 5.41. The van der Waals surface area contributed by atoms with Crippen LogP contribution in [-0.2, 0) is 14.3 Å². The largest absolute Gasteiger partial charge is 0.565 e. The third kappa shape index (κ3) is 3.34. The summed E-state index contributed by atoms with van der Waals surface area (Å²) in [5.74, 6) is -1.98. The van der Waals surface area contributed by atoms with E-state index in [0.717, 1.165) is 4.47 Å². The van der Waals surface area contributed by atoms with E-state index in [0.29, 0.717) is 5.56 Å². The van der Waals surface area contributed by atoms with Gasteiger partial charge in [0.2, 0.25) is 0 Å². The second-order valence-corrected chi connectivity index (χ2v) is 4.17. The van der Waals surface area contributed by atoms with Crippen molar-refractivity contribution in [2.75, 3.05) is 7.11 Å². The lowest BCUT2D eigenvalue weighted by atomic mass is 9.96. The maximum Gasteiger partial charge on any atom is 0.517 e. The predicted octanol–water partition coefficient (Wildman–Crippen LogP) is 1.35. The van der Waals surface area contributed by atoms with Crippen molar-refractivity contribution in [3.05, 3.63) is 34.3 Å². The minimum Gasteiger partial charge on any atom is -0.565 e. The van der Waals surface area contributed by atoms with Crippen LogP contribution in [0.3, 0.4) is 0 Å². The molecule has 2 N–H and O–H groups in total. The first-order valence-electron chi connectivity index (χ1n) is 4.62. The van der Waals surface area contributed by atoms with Crippen LogP contribution in [0, 0.1) is 0 Å². The van der Waals surface area contributed by atoms with Crippen LogP contribution in [0.1, 0.15) is 17.9 Å². The van der Waals surface area contributed by atoms with Crippen LogP contribution in [0.2, 0.25) is 0 Å². The minimum atomic E-state index is -0.782. The SMILES string of the molecule is COC(=O)C(CC(=O)[OH2+])c1cccc(Br)c1. The summed E-state index contributed by atoms with van der Waals surface area (Å²) < 4.78 is 5.43. The Morgan fingerprint density at radius 2 is 2.19 bits per heavy atom. The van der Waals surface area contributed by atoms with Crippen molar-refractivity contribution < 1.29 is 19.4 Å². The predicted molar refractivity (Wildman–Crippen MR) is 62.1 cm³/mol. The number of carbonyl (C=O) groups is 2. The van der Waals surface area contributed by atoms with E-state index in [4.69, 9.17) is 5.11 Å². The molecular formula is C11H12BrO4+. The average molecular weight is 288 g/mol. The van der Waals surface area contributed by atoms with Crippen molar-refractivity contribution >= 4 is 27.9 Å². The zero-order chi connectivity index (χ0) is 12.1. The van der Waals surface area contributed by atoms with E-state index in [1.165, 1.54) is 7.11 Å². The van der Waals surface area contributed by atoms with Gasteiger partial charge in [0.15, 0.2) is 0 Å². The summed E-state index contributed by atoms with van der Waals surface area (Å²) in [6.45, 7) is 0. The first-order chi connectivity index (χ1) is 7.54. The summed E-state index contributed by atoms with van der Waals surface area (Å²) in [7, 11) is 1.27. The molecule has 86 valence electrons. The van der Waals surface area contributed by atoms with Crippen LogP contribution in [0.4, 0.5) is 0 Å². The van der Waals surface area contributed by atoms with E-state index in [2.05, 4.69) is 20.7 Å². The van der Waals surface area contributed by atoms with Gasteiger partial charge in [0.1, 0.15) is 6.42 Å². The van der Waals surface area contributed by atoms with E-state index < -0.39 is 17.9 Å². The van der Waals surface area contributed by atoms with Gasteiger partial charge in [-0.3, -0.25) is 4.79 Å². The van der Waals surface area contributed by atoms with Gasteiger partial charge in [0.25, 0.3) is 0 Å². The van der Waals surface area contributed by atoms with E-state index >= 15 is 0 Å². The van der Waals surface area contributed by atoms with E-state index in [-0.39, 0.29) is 6.42 Å². The topological polar surface area (TPSA) is 66.3 Å². The highest BCUT2D eigenvalue weighted by Crippen LogP contribution is 2.24. The third-order valence-corrected chi connectivity index (χ3v) is 2.62. The van der Waals surface area contributed by atoms with Gasteiger partial charge >= 0.3 is 11.9 Å². The van der Waals surface area contributed by atoms with E-state index in [1.807, 2.05) is 6.07 Å². The standard InChI is InChI=1S/C11H11BrO4/c1-16-11(15)9(6-10(13)14)7-3-2-4-8(12)5-7/h2-5,9H,6H2,1H3,(H,13,14)/p+1. The number of hydrogen-bond donors (Lipinski definition) is 0. The van der Waals surface area contributed by atoms with Crippen LogP contribution >= 0.6 is 15.9 Å². The summed E-state index contributed by atoms with van der Waals surface area (Å²) >= 11 is 3.28. The van der Waals surface area contributed by atoms with Gasteiger partial charge in [-0.2, -0.15) is 0 Å². The lowest BCUT2D eigenvalue weighted by Gasteiger charge is -2.11. The molecule has 0 aliphatic rings. The van der Waals surface area contributed by atoms with Gasteiger partial charge in [-0.1, -0.05) is 28.1 Å². The Labute approximate surface area is 101 Å². The Balaban J connectivity index is 3.00. The molecule has 0 radical (unpaired) electrons. The maximum atomic E-state index is 11.5. The molecule has 0 spiro atoms. The fourth-order valence-corrected chi connectivity index (χ4v) is 1.81. The highest BCUT2D eigenvalue weighted by molar-refractivity contribution is 9.10. The van der Waals surface area contributed by atoms with Gasteiger partial charge < -0.3 is 9.84 Å². The fraction of sp³-hybridized carbons (Fsp3) is 0.273. The molecule has 1 unspecified atom stereocenters. The molecule has 1 rings (SSSR count). The lowest BCUT2D eigenvalue weighted by Crippen LogP contribution is -2.17. The summed E-state index contributed by atoms with van der Waals surface area (Å²) in [4.78, 5) is 22.3. The third-order valence-electron chi connectivity index (χ3n) is 2.13. The summed E-state index contributed by atoms with van der Waals surface area (Å²) in [5.41, 5.74) is 0.668. The number of benzene rings is 1. The smallest absolute Gasteiger partial charge is 0.517 e. The number of ether oxygens (including phenoxy) is 1. The second kappa shape index (κ2) is 5.65. The molecular weight excluding hydrogens is 276 g/mol. The molecule has 5 heteroatoms. The molecule has 1 atom stereocenters. The van der Waals surface area contributed by atoms with E-state index in [1.54, 1.807) is 18.2 Å². The molecule has 0 amide bonds. The van der Waals surface area contributed by atoms with Crippen molar-refractivity contribution in [2.45, 2.75) is 12.3 Å². The maximum absolute atomic E-state index is 11.5. The zero-order valence-corrected chi connectivity index (χ0v) is 10.3. The summed E-state index contributed by atoms with van der Waals surface area (Å²) in [6.07, 6.45) is -0.164. The number of carbonyl (C=O) groups excluding carboxylic acids is 2. The quantitative estimate of drug-likeness (QED) is 0.620. The molecule has 0 fully saturated rings. The Hall–Kier alpha value is -1.36. The Kier molecular flexibility index (Phi) is 4.49. The van der Waals surface area contributed by atoms with Crippen molar-refractivity contribution in [1.82, 2.24) is 0 Å². The molecule has 0 bridgehead atoms. The van der Waals surface area contributed by atoms with Gasteiger partial charge in [0, 0.05) is 9.27 Å². The Morgan fingerprint density at radius 1 is 1.50 bits per heavy atom. The summed E-state index contributed by atoms with van der Waals surface area (Å²) in [6, 6.07) is 7.06. The van der Waals surface area contributed by atoms with Crippen LogP contribution in [0.5, 0.6) is 0 Å². The monoisotopic (exact) mass is 287 g/mol. The Morgan fingerprint density at radius 3 is 2.69 bits per heavy atom. The van der Waals surface area contributed by atoms with Crippen molar-refractivity contribution in [2.24, 2.45) is 0 Å². The van der Waals surface area contributed by atoms with Gasteiger partial charge in [-0.05, 0) is 17.7 Å². The zero-order valence-electron chi connectivity index (χ0n) is 8.70. The van der Waals surface area contributed by atoms with Crippen molar-refractivity contribution in [3.8, 4) is 0 Å². The average Bonchev–Trinajstić information content (AvgIpc) is 2.24. The van der Waals surface area contributed by atoms with Crippen LogP contribution < -0.4 is 0 Å². The molecule has 0 aromatic heterocycles. The highest BCUT2D eigenvalue weighted by Gasteiger charge is 2.27. The minimum absolute atomic E-state index is 0.164. The number of rotatable bonds is 4. The fourth-order valence-electron chi connectivity index (χ4n) is 1.39. The molecule has 0 saturated heterocycles. The highest BCUT2D eigenvalue weighted by atomic mass is 79.9. The molecule has 16 heavy (non-hydrogen) atoms. The molecule has 1 aromatic rings.